The van der Waals surface area contributed by atoms with Gasteiger partial charge in [0.1, 0.15) is 3.41 Å². The second-order valence-electron chi connectivity index (χ2n) is 1.71. The number of hydrogen-bond acceptors (Lipinski definition) is 6. The van der Waals surface area contributed by atoms with Crippen molar-refractivity contribution in [3.05, 3.63) is 0 Å². The predicted molar refractivity (Wildman–Crippen MR) is 77.0 cm³/mol. The van der Waals surface area contributed by atoms with Crippen LogP contribution in [-0.2, 0) is 0 Å². The van der Waals surface area contributed by atoms with Crippen LogP contribution in [-0.4, -0.2) is 32.6 Å². The highest BCUT2D eigenvalue weighted by Gasteiger charge is 2.32. The lowest BCUT2D eigenvalue weighted by atomic mass is 10.9. The van der Waals surface area contributed by atoms with E-state index in [0.717, 1.165) is 4.20 Å². The summed E-state index contributed by atoms with van der Waals surface area (Å²) in [5, 5.41) is 0. The smallest absolute Gasteiger partial charge is 0.131 e. The van der Waals surface area contributed by atoms with Gasteiger partial charge in [0.2, 0.25) is 0 Å². The second-order valence-corrected chi connectivity index (χ2v) is 8.62. The first kappa shape index (κ1) is 13.8. The molecule has 0 aliphatic carbocycles. The van der Waals surface area contributed by atoms with E-state index in [0.29, 0.717) is 0 Å². The number of rotatable bonds is 5. The molecule has 0 unspecified atom stereocenters. The van der Waals surface area contributed by atoms with E-state index in [4.69, 9.17) is 12.2 Å². The molecule has 0 aliphatic heterocycles. The zero-order valence-corrected chi connectivity index (χ0v) is 12.3. The van der Waals surface area contributed by atoms with Crippen LogP contribution < -0.4 is 0 Å². The number of thiocarbonyl (C=S) groups is 1. The third kappa shape index (κ3) is 3.53. The van der Waals surface area contributed by atoms with Gasteiger partial charge < -0.3 is 0 Å². The zero-order chi connectivity index (χ0) is 9.61. The Balaban J connectivity index is 4.36. The summed E-state index contributed by atoms with van der Waals surface area (Å²) in [5.74, 6) is 0. The van der Waals surface area contributed by atoms with Crippen LogP contribution in [0.15, 0.2) is 0 Å². The maximum atomic E-state index is 5.36. The standard InChI is InChI=1S/C6H12S6/c1-8-6(9-2,10-3)5(7)12-11-4/h1-4H3. The minimum Gasteiger partial charge on any atom is -0.131 e. The largest absolute Gasteiger partial charge is 0.148 e. The summed E-state index contributed by atoms with van der Waals surface area (Å²) in [7, 11) is 3.42. The summed E-state index contributed by atoms with van der Waals surface area (Å²) >= 11 is 10.8. The molecule has 0 N–H and O–H groups in total. The lowest BCUT2D eigenvalue weighted by Gasteiger charge is -2.27. The summed E-state index contributed by atoms with van der Waals surface area (Å²) in [6, 6.07) is 0. The van der Waals surface area contributed by atoms with Crippen LogP contribution in [0, 0.1) is 0 Å². The van der Waals surface area contributed by atoms with Gasteiger partial charge in [0.25, 0.3) is 0 Å². The minimum absolute atomic E-state index is 0.0585. The van der Waals surface area contributed by atoms with Crippen LogP contribution in [0.2, 0.25) is 0 Å². The van der Waals surface area contributed by atoms with Gasteiger partial charge in [0.05, 0.1) is 4.20 Å². The molecule has 0 aromatic carbocycles. The minimum atomic E-state index is 0.0585. The third-order valence-corrected chi connectivity index (χ3v) is 9.71. The van der Waals surface area contributed by atoms with Gasteiger partial charge in [0, 0.05) is 0 Å². The van der Waals surface area contributed by atoms with E-state index in [1.165, 1.54) is 0 Å². The Morgan fingerprint density at radius 1 is 1.00 bits per heavy atom. The SMILES string of the molecule is CSSC(=S)C(SC)(SC)SC. The molecule has 0 aromatic heterocycles. The van der Waals surface area contributed by atoms with Crippen molar-refractivity contribution in [2.24, 2.45) is 0 Å². The van der Waals surface area contributed by atoms with Gasteiger partial charge in [-0.1, -0.05) is 23.0 Å². The van der Waals surface area contributed by atoms with E-state index in [9.17, 15) is 0 Å². The molecule has 0 saturated carbocycles. The first-order valence-electron chi connectivity index (χ1n) is 3.07. The summed E-state index contributed by atoms with van der Waals surface area (Å²) in [6.45, 7) is 0. The van der Waals surface area contributed by atoms with E-state index < -0.39 is 0 Å². The lowest BCUT2D eigenvalue weighted by Crippen LogP contribution is -2.21. The molecule has 0 nitrogen and oxygen atoms in total. The highest BCUT2D eigenvalue weighted by Crippen LogP contribution is 2.48. The molecule has 72 valence electrons. The normalized spacial score (nSPS) is 11.7. The van der Waals surface area contributed by atoms with Crippen molar-refractivity contribution < 1.29 is 0 Å². The van der Waals surface area contributed by atoms with Crippen LogP contribution in [0.5, 0.6) is 0 Å². The number of hydrogen-bond donors (Lipinski definition) is 0. The van der Waals surface area contributed by atoms with Gasteiger partial charge in [-0.25, -0.2) is 0 Å². The van der Waals surface area contributed by atoms with Crippen LogP contribution in [0.25, 0.3) is 0 Å². The van der Waals surface area contributed by atoms with Crippen molar-refractivity contribution in [3.8, 4) is 0 Å². The van der Waals surface area contributed by atoms with Crippen molar-refractivity contribution in [2.45, 2.75) is 3.41 Å². The molecule has 0 rings (SSSR count). The zero-order valence-electron chi connectivity index (χ0n) is 7.45. The van der Waals surface area contributed by atoms with Gasteiger partial charge in [0.15, 0.2) is 0 Å². The summed E-state index contributed by atoms with van der Waals surface area (Å²) < 4.78 is 1.13. The van der Waals surface area contributed by atoms with Crippen LogP contribution in [0.1, 0.15) is 0 Å². The molecule has 0 radical (unpaired) electrons. The average Bonchev–Trinajstić information content (AvgIpc) is 2.09. The van der Waals surface area contributed by atoms with E-state index >= 15 is 0 Å². The highest BCUT2D eigenvalue weighted by atomic mass is 33.1. The number of thioether (sulfide) groups is 3. The highest BCUT2D eigenvalue weighted by molar-refractivity contribution is 8.84. The summed E-state index contributed by atoms with van der Waals surface area (Å²) in [5.41, 5.74) is 0. The van der Waals surface area contributed by atoms with Gasteiger partial charge in [-0.05, 0) is 35.8 Å². The molecule has 0 spiro atoms. The van der Waals surface area contributed by atoms with Crippen LogP contribution in [0.4, 0.5) is 0 Å². The van der Waals surface area contributed by atoms with Gasteiger partial charge >= 0.3 is 0 Å². The second kappa shape index (κ2) is 7.17. The third-order valence-electron chi connectivity index (χ3n) is 1.22. The average molecular weight is 277 g/mol. The van der Waals surface area contributed by atoms with Crippen molar-refractivity contribution in [1.29, 1.82) is 0 Å². The van der Waals surface area contributed by atoms with Crippen molar-refractivity contribution in [1.82, 2.24) is 0 Å². The molecular formula is C6H12S6. The Hall–Kier alpha value is 1.84. The Labute approximate surface area is 101 Å². The Morgan fingerprint density at radius 3 is 1.67 bits per heavy atom. The fraction of sp³-hybridized carbons (Fsp3) is 0.833. The first-order chi connectivity index (χ1) is 5.66. The van der Waals surface area contributed by atoms with Crippen molar-refractivity contribution in [3.63, 3.8) is 0 Å². The Kier molecular flexibility index (Phi) is 8.27. The quantitative estimate of drug-likeness (QED) is 0.419. The molecule has 6 heteroatoms. The molecule has 0 amide bonds. The molecule has 0 heterocycles. The summed E-state index contributed by atoms with van der Waals surface area (Å²) in [6.07, 6.45) is 8.39. The fourth-order valence-electron chi connectivity index (χ4n) is 0.627. The molecule has 0 aliphatic rings. The maximum Gasteiger partial charge on any atom is 0.148 e. The van der Waals surface area contributed by atoms with Crippen LogP contribution in [0.3, 0.4) is 0 Å². The molecule has 0 fully saturated rings. The fourth-order valence-corrected chi connectivity index (χ4v) is 7.17. The van der Waals surface area contributed by atoms with E-state index in [1.807, 2.05) is 35.3 Å². The summed E-state index contributed by atoms with van der Waals surface area (Å²) in [4.78, 5) is 0. The van der Waals surface area contributed by atoms with Gasteiger partial charge in [-0.2, -0.15) is 0 Å². The van der Waals surface area contributed by atoms with E-state index in [-0.39, 0.29) is 3.41 Å². The van der Waals surface area contributed by atoms with Gasteiger partial charge in [-0.3, -0.25) is 0 Å². The molecular weight excluding hydrogens is 264 g/mol. The molecule has 0 bridgehead atoms. The molecule has 0 aromatic rings. The first-order valence-corrected chi connectivity index (χ1v) is 9.71. The molecule has 12 heavy (non-hydrogen) atoms. The monoisotopic (exact) mass is 276 g/mol. The van der Waals surface area contributed by atoms with Crippen molar-refractivity contribution in [2.75, 3.05) is 25.0 Å². The van der Waals surface area contributed by atoms with E-state index in [1.54, 1.807) is 21.6 Å². The predicted octanol–water partition coefficient (Wildman–Crippen LogP) is 4.07. The molecule has 0 atom stereocenters. The van der Waals surface area contributed by atoms with E-state index in [2.05, 4.69) is 25.0 Å². The molecule has 0 saturated heterocycles. The maximum absolute atomic E-state index is 5.36. The Bertz CT molecular complexity index is 133. The van der Waals surface area contributed by atoms with Crippen LogP contribution >= 0.6 is 69.1 Å². The van der Waals surface area contributed by atoms with Crippen molar-refractivity contribution >= 4 is 73.3 Å². The lowest BCUT2D eigenvalue weighted by molar-refractivity contribution is 1.77. The topological polar surface area (TPSA) is 0 Å². The van der Waals surface area contributed by atoms with Gasteiger partial charge in [-0.15, -0.1) is 35.3 Å². The Morgan fingerprint density at radius 2 is 1.42 bits per heavy atom.